The zero-order valence-corrected chi connectivity index (χ0v) is 20.0. The van der Waals surface area contributed by atoms with Crippen LogP contribution in [0.25, 0.3) is 0 Å². The highest BCUT2D eigenvalue weighted by Crippen LogP contribution is 2.35. The van der Waals surface area contributed by atoms with Gasteiger partial charge in [0.05, 0.1) is 5.92 Å². The molecule has 0 aliphatic heterocycles. The maximum absolute atomic E-state index is 12.9. The summed E-state index contributed by atoms with van der Waals surface area (Å²) in [7, 11) is 0. The predicted octanol–water partition coefficient (Wildman–Crippen LogP) is 8.24. The first-order valence-electron chi connectivity index (χ1n) is 10.6. The minimum atomic E-state index is -0.490. The van der Waals surface area contributed by atoms with Crippen molar-refractivity contribution in [2.24, 2.45) is 22.2 Å². The molecule has 0 aliphatic rings. The van der Waals surface area contributed by atoms with Gasteiger partial charge in [-0.2, -0.15) is 0 Å². The lowest BCUT2D eigenvalue weighted by molar-refractivity contribution is -0.164. The summed E-state index contributed by atoms with van der Waals surface area (Å²) >= 11 is 0. The van der Waals surface area contributed by atoms with Gasteiger partial charge in [0, 0.05) is 11.8 Å². The zero-order valence-electron chi connectivity index (χ0n) is 20.0. The van der Waals surface area contributed by atoms with E-state index >= 15 is 0 Å². The minimum Gasteiger partial charge on any atom is -0.459 e. The van der Waals surface area contributed by atoms with Gasteiger partial charge in [0.15, 0.2) is 0 Å². The van der Waals surface area contributed by atoms with E-state index in [1.54, 1.807) is 0 Å². The van der Waals surface area contributed by atoms with Gasteiger partial charge in [0.25, 0.3) is 0 Å². The Morgan fingerprint density at radius 2 is 1.14 bits per heavy atom. The Kier molecular flexibility index (Phi) is 13.7. The van der Waals surface area contributed by atoms with Gasteiger partial charge in [0.1, 0.15) is 11.4 Å². The summed E-state index contributed by atoms with van der Waals surface area (Å²) in [6.07, 6.45) is 4.80. The van der Waals surface area contributed by atoms with Crippen LogP contribution in [0.15, 0.2) is 0 Å². The number of ether oxygens (including phenoxy) is 1. The maximum Gasteiger partial charge on any atom is 0.309 e. The van der Waals surface area contributed by atoms with Gasteiger partial charge in [-0.25, -0.2) is 0 Å². The number of carbonyl (C=O) groups is 2. The summed E-state index contributed by atoms with van der Waals surface area (Å²) in [4.78, 5) is 24.9. The fourth-order valence-electron chi connectivity index (χ4n) is 3.34. The molecule has 0 N–H and O–H groups in total. The van der Waals surface area contributed by atoms with E-state index in [0.29, 0.717) is 12.2 Å². The molecule has 0 aromatic rings. The highest BCUT2D eigenvalue weighted by atomic mass is 16.6. The van der Waals surface area contributed by atoms with Crippen molar-refractivity contribution in [1.29, 1.82) is 0 Å². The van der Waals surface area contributed by atoms with E-state index in [9.17, 15) is 9.59 Å². The van der Waals surface area contributed by atoms with Crippen molar-refractivity contribution >= 4 is 11.8 Å². The third kappa shape index (κ3) is 16.6. The summed E-state index contributed by atoms with van der Waals surface area (Å²) in [5.41, 5.74) is -0.580. The minimum absolute atomic E-state index is 0. The molecule has 0 aromatic heterocycles. The van der Waals surface area contributed by atoms with E-state index in [-0.39, 0.29) is 43.0 Å². The zero-order chi connectivity index (χ0) is 21.7. The van der Waals surface area contributed by atoms with Gasteiger partial charge >= 0.3 is 5.97 Å². The number of rotatable bonds is 9. The summed E-state index contributed by atoms with van der Waals surface area (Å²) in [5, 5.41) is 0. The molecule has 0 atom stereocenters. The molecule has 29 heavy (non-hydrogen) atoms. The summed E-state index contributed by atoms with van der Waals surface area (Å²) in [6, 6.07) is 0. The fraction of sp³-hybridized carbons (Fsp3) is 0.923. The van der Waals surface area contributed by atoms with Crippen LogP contribution in [0.3, 0.4) is 0 Å². The third-order valence-corrected chi connectivity index (χ3v) is 4.70. The lowest BCUT2D eigenvalue weighted by Gasteiger charge is -2.33. The molecule has 0 fully saturated rings. The number of esters is 1. The molecule has 0 heterocycles. The molecule has 0 spiro atoms. The average molecular weight is 415 g/mol. The van der Waals surface area contributed by atoms with Gasteiger partial charge < -0.3 is 4.74 Å². The van der Waals surface area contributed by atoms with E-state index in [2.05, 4.69) is 41.5 Å². The van der Waals surface area contributed by atoms with Crippen LogP contribution in [-0.2, 0) is 14.3 Å². The number of carbonyl (C=O) groups excluding carboxylic acids is 2. The number of hydrogen-bond acceptors (Lipinski definition) is 3. The number of ketones is 1. The predicted molar refractivity (Wildman–Crippen MR) is 128 cm³/mol. The molecule has 3 heteroatoms. The molecule has 0 bridgehead atoms. The van der Waals surface area contributed by atoms with Crippen LogP contribution >= 0.6 is 0 Å². The van der Waals surface area contributed by atoms with Crippen LogP contribution in [0.2, 0.25) is 0 Å². The Hall–Kier alpha value is -0.860. The fourth-order valence-corrected chi connectivity index (χ4v) is 3.34. The lowest BCUT2D eigenvalue weighted by Crippen LogP contribution is -2.34. The quantitative estimate of drug-likeness (QED) is 0.282. The second-order valence-electron chi connectivity index (χ2n) is 12.3. The highest BCUT2D eigenvalue weighted by Gasteiger charge is 2.33. The van der Waals surface area contributed by atoms with E-state index in [1.165, 1.54) is 0 Å². The first kappa shape index (κ1) is 32.8. The van der Waals surface area contributed by atoms with Crippen molar-refractivity contribution in [3.63, 3.8) is 0 Å². The van der Waals surface area contributed by atoms with Crippen LogP contribution in [0.1, 0.15) is 130 Å². The molecule has 0 rings (SSSR count). The molecule has 176 valence electrons. The Morgan fingerprint density at radius 1 is 0.724 bits per heavy atom. The number of Topliss-reactive ketones (excluding diaryl/α,β-unsaturated/α-hetero) is 1. The first-order chi connectivity index (χ1) is 11.8. The van der Waals surface area contributed by atoms with E-state index < -0.39 is 5.60 Å². The number of unbranched alkanes of at least 4 members (excludes halogenated alkanes) is 1. The number of hydrogen-bond donors (Lipinski definition) is 0. The lowest BCUT2D eigenvalue weighted by atomic mass is 9.77. The van der Waals surface area contributed by atoms with E-state index in [0.717, 1.165) is 32.1 Å². The molecule has 0 saturated heterocycles. The van der Waals surface area contributed by atoms with E-state index in [1.807, 2.05) is 34.6 Å². The molecule has 0 saturated carbocycles. The summed E-state index contributed by atoms with van der Waals surface area (Å²) in [5.74, 6) is 0.148. The monoisotopic (exact) mass is 414 g/mol. The van der Waals surface area contributed by atoms with Crippen LogP contribution in [0.4, 0.5) is 0 Å². The van der Waals surface area contributed by atoms with Crippen molar-refractivity contribution in [3.8, 4) is 0 Å². The van der Waals surface area contributed by atoms with Gasteiger partial charge in [-0.3, -0.25) is 9.59 Å². The van der Waals surface area contributed by atoms with Gasteiger partial charge in [-0.15, -0.1) is 0 Å². The van der Waals surface area contributed by atoms with Gasteiger partial charge in [-0.05, 0) is 56.8 Å². The van der Waals surface area contributed by atoms with Crippen LogP contribution in [0.5, 0.6) is 0 Å². The molecule has 0 radical (unpaired) electrons. The standard InChI is InChI=1S/C24H46O3.2CH4/c1-21(2,3)16-18(17-22(4,5)6)20(26)27-24(10,11)15-13-12-14-19(25)23(7,8)9;;/h18H,12-17H2,1-11H3;2*1H4. The second-order valence-corrected chi connectivity index (χ2v) is 12.3. The molecular weight excluding hydrogens is 360 g/mol. The Balaban J connectivity index is -0.00000338. The van der Waals surface area contributed by atoms with Crippen LogP contribution in [-0.4, -0.2) is 17.4 Å². The SMILES string of the molecule is C.C.CC(C)(C)CC(CC(C)(C)C)C(=O)OC(C)(C)CCCCC(=O)C(C)(C)C. The smallest absolute Gasteiger partial charge is 0.309 e. The Morgan fingerprint density at radius 3 is 1.48 bits per heavy atom. The third-order valence-electron chi connectivity index (χ3n) is 4.70. The van der Waals surface area contributed by atoms with Crippen molar-refractivity contribution in [3.05, 3.63) is 0 Å². The molecular formula is C26H54O3. The van der Waals surface area contributed by atoms with Crippen LogP contribution < -0.4 is 0 Å². The molecule has 0 aliphatic carbocycles. The first-order valence-corrected chi connectivity index (χ1v) is 10.6. The van der Waals surface area contributed by atoms with E-state index in [4.69, 9.17) is 4.74 Å². The summed E-state index contributed by atoms with van der Waals surface area (Å²) in [6.45, 7) is 22.9. The van der Waals surface area contributed by atoms with Crippen molar-refractivity contribution < 1.29 is 14.3 Å². The van der Waals surface area contributed by atoms with Crippen molar-refractivity contribution in [2.75, 3.05) is 0 Å². The van der Waals surface area contributed by atoms with Crippen molar-refractivity contribution in [1.82, 2.24) is 0 Å². The maximum atomic E-state index is 12.9. The molecule has 3 nitrogen and oxygen atoms in total. The Labute approximate surface area is 183 Å². The average Bonchev–Trinajstić information content (AvgIpc) is 2.37. The molecule has 0 aromatic carbocycles. The molecule has 0 amide bonds. The van der Waals surface area contributed by atoms with Gasteiger partial charge in [-0.1, -0.05) is 77.2 Å². The topological polar surface area (TPSA) is 43.4 Å². The van der Waals surface area contributed by atoms with Gasteiger partial charge in [0.2, 0.25) is 0 Å². The van der Waals surface area contributed by atoms with Crippen molar-refractivity contribution in [2.45, 2.75) is 135 Å². The Bertz CT molecular complexity index is 466. The van der Waals surface area contributed by atoms with Crippen LogP contribution in [0, 0.1) is 22.2 Å². The summed E-state index contributed by atoms with van der Waals surface area (Å²) < 4.78 is 5.94. The largest absolute Gasteiger partial charge is 0.459 e. The molecule has 0 unspecified atom stereocenters. The second kappa shape index (κ2) is 12.1. The normalized spacial score (nSPS) is 12.8. The highest BCUT2D eigenvalue weighted by molar-refractivity contribution is 5.83.